The summed E-state index contributed by atoms with van der Waals surface area (Å²) in [4.78, 5) is 12.3. The lowest BCUT2D eigenvalue weighted by Gasteiger charge is -2.38. The van der Waals surface area contributed by atoms with Crippen LogP contribution in [0.25, 0.3) is 0 Å². The average Bonchev–Trinajstić information content (AvgIpc) is 2.88. The van der Waals surface area contributed by atoms with E-state index in [2.05, 4.69) is 13.8 Å². The average molecular weight is 330 g/mol. The van der Waals surface area contributed by atoms with Crippen molar-refractivity contribution in [1.29, 1.82) is 0 Å². The van der Waals surface area contributed by atoms with E-state index < -0.39 is 10.1 Å². The first-order chi connectivity index (χ1) is 10.1. The van der Waals surface area contributed by atoms with Crippen molar-refractivity contribution >= 4 is 16.1 Å². The largest absolute Gasteiger partial charge is 0.469 e. The molecule has 126 valence electrons. The third-order valence-corrected chi connectivity index (χ3v) is 6.83. The highest BCUT2D eigenvalue weighted by Gasteiger charge is 2.63. The first-order valence-corrected chi connectivity index (χ1v) is 9.92. The summed E-state index contributed by atoms with van der Waals surface area (Å²) < 4.78 is 33.5. The van der Waals surface area contributed by atoms with E-state index in [0.717, 1.165) is 25.5 Å². The van der Waals surface area contributed by atoms with Crippen molar-refractivity contribution in [3.63, 3.8) is 0 Å². The molecule has 0 N–H and O–H groups in total. The molecule has 0 heterocycles. The summed E-state index contributed by atoms with van der Waals surface area (Å²) in [6.45, 7) is 4.40. The van der Waals surface area contributed by atoms with Crippen LogP contribution in [0.2, 0.25) is 0 Å². The van der Waals surface area contributed by atoms with Crippen molar-refractivity contribution in [2.45, 2.75) is 45.6 Å². The third-order valence-electron chi connectivity index (χ3n) is 6.20. The lowest BCUT2D eigenvalue weighted by atomic mass is 9.69. The van der Waals surface area contributed by atoms with Crippen LogP contribution in [0.4, 0.5) is 0 Å². The molecule has 1 unspecified atom stereocenters. The van der Waals surface area contributed by atoms with Gasteiger partial charge in [-0.15, -0.1) is 0 Å². The zero-order valence-electron chi connectivity index (χ0n) is 13.7. The van der Waals surface area contributed by atoms with Crippen LogP contribution in [0.3, 0.4) is 0 Å². The van der Waals surface area contributed by atoms with E-state index >= 15 is 0 Å². The van der Waals surface area contributed by atoms with E-state index in [1.807, 2.05) is 0 Å². The predicted molar refractivity (Wildman–Crippen MR) is 81.4 cm³/mol. The molecule has 3 fully saturated rings. The van der Waals surface area contributed by atoms with Crippen molar-refractivity contribution in [2.75, 3.05) is 13.4 Å². The van der Waals surface area contributed by atoms with Gasteiger partial charge in [-0.05, 0) is 54.8 Å². The molecule has 22 heavy (non-hydrogen) atoms. The summed E-state index contributed by atoms with van der Waals surface area (Å²) in [7, 11) is -2.03. The topological polar surface area (TPSA) is 69.7 Å². The summed E-state index contributed by atoms with van der Waals surface area (Å²) in [5, 5.41) is 0. The van der Waals surface area contributed by atoms with Gasteiger partial charge in [-0.2, -0.15) is 8.42 Å². The first-order valence-electron chi connectivity index (χ1n) is 8.10. The fourth-order valence-corrected chi connectivity index (χ4v) is 6.57. The summed E-state index contributed by atoms with van der Waals surface area (Å²) in [6, 6.07) is 0. The molecule has 0 radical (unpaired) electrons. The van der Waals surface area contributed by atoms with Gasteiger partial charge in [0.2, 0.25) is 0 Å². The van der Waals surface area contributed by atoms with Crippen LogP contribution in [-0.2, 0) is 23.8 Å². The summed E-state index contributed by atoms with van der Waals surface area (Å²) in [5.41, 5.74) is -0.0152. The predicted octanol–water partition coefficient (Wildman–Crippen LogP) is 2.21. The third kappa shape index (κ3) is 2.58. The van der Waals surface area contributed by atoms with Gasteiger partial charge in [0, 0.05) is 0 Å². The van der Waals surface area contributed by atoms with E-state index in [-0.39, 0.29) is 29.3 Å². The van der Waals surface area contributed by atoms with Crippen LogP contribution in [0.15, 0.2) is 0 Å². The minimum absolute atomic E-state index is 0.0152. The maximum absolute atomic E-state index is 12.3. The molecule has 0 saturated heterocycles. The Bertz CT molecular complexity index is 567. The minimum atomic E-state index is -3.48. The maximum Gasteiger partial charge on any atom is 0.309 e. The molecule has 6 atom stereocenters. The van der Waals surface area contributed by atoms with Crippen LogP contribution in [0, 0.1) is 35.0 Å². The van der Waals surface area contributed by atoms with Gasteiger partial charge in [0.1, 0.15) is 0 Å². The Morgan fingerprint density at radius 3 is 2.36 bits per heavy atom. The van der Waals surface area contributed by atoms with E-state index in [4.69, 9.17) is 8.92 Å². The van der Waals surface area contributed by atoms with Gasteiger partial charge < -0.3 is 4.74 Å². The standard InChI is InChI=1S/C16H26O5S/c1-16(2)8-9(21-22(4,18)19)7-12-10-5-6-11(14(10)16)13(12)15(17)20-3/h9-14H,5-8H2,1-4H3/t9?,10-,11+,12-,13-,14+/m0/s1. The number of carbonyl (C=O) groups excluding carboxylic acids is 1. The van der Waals surface area contributed by atoms with Crippen molar-refractivity contribution < 1.29 is 22.1 Å². The van der Waals surface area contributed by atoms with E-state index in [0.29, 0.717) is 24.2 Å². The number of hydrogen-bond acceptors (Lipinski definition) is 5. The summed E-state index contributed by atoms with van der Waals surface area (Å²) in [5.74, 6) is 1.34. The molecular weight excluding hydrogens is 304 g/mol. The number of ether oxygens (including phenoxy) is 1. The van der Waals surface area contributed by atoms with Crippen molar-refractivity contribution in [2.24, 2.45) is 35.0 Å². The van der Waals surface area contributed by atoms with Gasteiger partial charge in [-0.25, -0.2) is 0 Å². The highest BCUT2D eigenvalue weighted by Crippen LogP contribution is 2.65. The minimum Gasteiger partial charge on any atom is -0.469 e. The van der Waals surface area contributed by atoms with Crippen molar-refractivity contribution in [1.82, 2.24) is 0 Å². The van der Waals surface area contributed by atoms with Crippen LogP contribution >= 0.6 is 0 Å². The quantitative estimate of drug-likeness (QED) is 0.586. The van der Waals surface area contributed by atoms with Gasteiger partial charge in [0.15, 0.2) is 0 Å². The molecule has 0 aliphatic heterocycles. The molecule has 0 aromatic rings. The molecule has 0 aromatic carbocycles. The zero-order chi connectivity index (χ0) is 16.3. The maximum atomic E-state index is 12.3. The molecule has 3 saturated carbocycles. The molecular formula is C16H26O5S. The Labute approximate surface area is 132 Å². The monoisotopic (exact) mass is 330 g/mol. The summed E-state index contributed by atoms with van der Waals surface area (Å²) >= 11 is 0. The SMILES string of the molecule is COC(=O)[C@H]1[C@H]2CC[C@H]3[C@@H]1CC(OS(C)(=O)=O)CC(C)(C)[C@@H]23. The van der Waals surface area contributed by atoms with Gasteiger partial charge in [0.25, 0.3) is 10.1 Å². The lowest BCUT2D eigenvalue weighted by molar-refractivity contribution is -0.150. The molecule has 3 aliphatic carbocycles. The van der Waals surface area contributed by atoms with Crippen molar-refractivity contribution in [3.8, 4) is 0 Å². The number of carbonyl (C=O) groups is 1. The number of esters is 1. The normalized spacial score (nSPS) is 42.9. The number of rotatable bonds is 3. The molecule has 0 spiro atoms. The van der Waals surface area contributed by atoms with Crippen LogP contribution < -0.4 is 0 Å². The number of methoxy groups -OCH3 is 1. The first kappa shape index (κ1) is 16.2. The fraction of sp³-hybridized carbons (Fsp3) is 0.938. The van der Waals surface area contributed by atoms with Crippen LogP contribution in [0.1, 0.15) is 39.5 Å². The molecule has 3 aliphatic rings. The van der Waals surface area contributed by atoms with Crippen LogP contribution in [-0.4, -0.2) is 33.9 Å². The highest BCUT2D eigenvalue weighted by molar-refractivity contribution is 7.86. The van der Waals surface area contributed by atoms with Crippen molar-refractivity contribution in [3.05, 3.63) is 0 Å². The Balaban J connectivity index is 1.94. The lowest BCUT2D eigenvalue weighted by Crippen LogP contribution is -2.38. The molecule has 0 aromatic heterocycles. The zero-order valence-corrected chi connectivity index (χ0v) is 14.6. The molecule has 3 rings (SSSR count). The van der Waals surface area contributed by atoms with Gasteiger partial charge >= 0.3 is 5.97 Å². The fourth-order valence-electron chi connectivity index (χ4n) is 5.93. The van der Waals surface area contributed by atoms with E-state index in [1.54, 1.807) is 0 Å². The molecule has 5 nitrogen and oxygen atoms in total. The van der Waals surface area contributed by atoms with E-state index in [1.165, 1.54) is 7.11 Å². The molecule has 4 bridgehead atoms. The Morgan fingerprint density at radius 2 is 1.77 bits per heavy atom. The second kappa shape index (κ2) is 5.20. The van der Waals surface area contributed by atoms with E-state index in [9.17, 15) is 13.2 Å². The summed E-state index contributed by atoms with van der Waals surface area (Å²) in [6.07, 6.45) is 4.40. The molecule has 0 amide bonds. The second-order valence-corrected chi connectivity index (χ2v) is 9.60. The van der Waals surface area contributed by atoms with Gasteiger partial charge in [-0.3, -0.25) is 8.98 Å². The number of hydrogen-bond donors (Lipinski definition) is 0. The Morgan fingerprint density at radius 1 is 1.14 bits per heavy atom. The van der Waals surface area contributed by atoms with Gasteiger partial charge in [-0.1, -0.05) is 13.8 Å². The highest BCUT2D eigenvalue weighted by atomic mass is 32.2. The smallest absolute Gasteiger partial charge is 0.309 e. The van der Waals surface area contributed by atoms with Gasteiger partial charge in [0.05, 0.1) is 25.4 Å². The Hall–Kier alpha value is -0.620. The van der Waals surface area contributed by atoms with Crippen LogP contribution in [0.5, 0.6) is 0 Å². The molecule has 6 heteroatoms. The Kier molecular flexibility index (Phi) is 3.84. The second-order valence-electron chi connectivity index (χ2n) is 7.99.